The number of esters is 2. The first-order valence-corrected chi connectivity index (χ1v) is 15.2. The summed E-state index contributed by atoms with van der Waals surface area (Å²) in [5.41, 5.74) is 2.60. The zero-order chi connectivity index (χ0) is 36.2. The van der Waals surface area contributed by atoms with E-state index in [1.807, 2.05) is 0 Å². The number of ether oxygens (including phenoxy) is 3. The smallest absolute Gasteiger partial charge is 0.408 e. The number of benzene rings is 3. The molecule has 2 aromatic heterocycles. The van der Waals surface area contributed by atoms with Gasteiger partial charge < -0.3 is 19.5 Å². The standard InChI is InChI=1S/C32H29N9O10/c42-30(49-20-25-17-38(36-34-25)15-22-6-10-27(11-7-22)40(45)46)14-29(33-32(44)51-19-24-4-2-1-3-5-24)31(43)50-21-26-18-39(37-35-26)16-23-8-12-28(13-9-23)41(47)48/h1-13,17-18,29H,14-16,19-21H2,(H,33,44)/t29-/m0/s1. The Morgan fingerprint density at radius 2 is 1.18 bits per heavy atom. The molecule has 2 heterocycles. The Morgan fingerprint density at radius 1 is 0.667 bits per heavy atom. The summed E-state index contributed by atoms with van der Waals surface area (Å²) >= 11 is 0. The van der Waals surface area contributed by atoms with Crippen molar-refractivity contribution in [2.45, 2.75) is 45.4 Å². The van der Waals surface area contributed by atoms with Crippen molar-refractivity contribution in [3.8, 4) is 0 Å². The topological polar surface area (TPSA) is 239 Å². The second-order valence-corrected chi connectivity index (χ2v) is 10.9. The molecule has 0 fully saturated rings. The van der Waals surface area contributed by atoms with Gasteiger partial charge in [0.2, 0.25) is 0 Å². The van der Waals surface area contributed by atoms with Crippen LogP contribution < -0.4 is 5.32 Å². The number of hydrogen-bond donors (Lipinski definition) is 1. The number of non-ortho nitro benzene ring substituents is 2. The summed E-state index contributed by atoms with van der Waals surface area (Å²) in [6.07, 6.45) is 1.45. The summed E-state index contributed by atoms with van der Waals surface area (Å²) in [4.78, 5) is 59.2. The molecule has 3 aromatic carbocycles. The quantitative estimate of drug-likeness (QED) is 0.0673. The normalized spacial score (nSPS) is 11.3. The van der Waals surface area contributed by atoms with Crippen LogP contribution in [0.15, 0.2) is 91.3 Å². The fraction of sp³-hybridized carbons (Fsp3) is 0.219. The molecule has 0 spiro atoms. The third-order valence-corrected chi connectivity index (χ3v) is 7.06. The predicted octanol–water partition coefficient (Wildman–Crippen LogP) is 3.25. The summed E-state index contributed by atoms with van der Waals surface area (Å²) in [7, 11) is 0. The monoisotopic (exact) mass is 699 g/mol. The maximum absolute atomic E-state index is 13.1. The molecule has 1 N–H and O–H groups in total. The van der Waals surface area contributed by atoms with Gasteiger partial charge in [0.15, 0.2) is 0 Å². The second kappa shape index (κ2) is 16.9. The molecule has 1 amide bonds. The van der Waals surface area contributed by atoms with E-state index in [0.29, 0.717) is 5.56 Å². The van der Waals surface area contributed by atoms with Crippen LogP contribution in [0.2, 0.25) is 0 Å². The van der Waals surface area contributed by atoms with Gasteiger partial charge in [-0.15, -0.1) is 10.2 Å². The lowest BCUT2D eigenvalue weighted by molar-refractivity contribution is -0.385. The summed E-state index contributed by atoms with van der Waals surface area (Å²) in [5, 5.41) is 39.9. The molecule has 0 unspecified atom stereocenters. The van der Waals surface area contributed by atoms with Gasteiger partial charge in [-0.2, -0.15) is 0 Å². The molecule has 19 heteroatoms. The van der Waals surface area contributed by atoms with E-state index in [9.17, 15) is 34.6 Å². The Hall–Kier alpha value is -7.05. The lowest BCUT2D eigenvalue weighted by Gasteiger charge is -2.17. The number of hydrogen-bond acceptors (Lipinski definition) is 14. The van der Waals surface area contributed by atoms with Crippen molar-refractivity contribution in [3.63, 3.8) is 0 Å². The minimum atomic E-state index is -1.49. The molecule has 5 rings (SSSR count). The number of carbonyl (C=O) groups excluding carboxylic acids is 3. The van der Waals surface area contributed by atoms with E-state index in [4.69, 9.17) is 14.2 Å². The number of carbonyl (C=O) groups is 3. The molecule has 0 aliphatic heterocycles. The minimum absolute atomic E-state index is 0.0456. The van der Waals surface area contributed by atoms with E-state index in [2.05, 4.69) is 25.9 Å². The lowest BCUT2D eigenvalue weighted by Crippen LogP contribution is -2.43. The van der Waals surface area contributed by atoms with E-state index >= 15 is 0 Å². The molecular formula is C32H29N9O10. The highest BCUT2D eigenvalue weighted by Crippen LogP contribution is 2.14. The fourth-order valence-electron chi connectivity index (χ4n) is 4.51. The van der Waals surface area contributed by atoms with E-state index in [1.54, 1.807) is 54.6 Å². The number of rotatable bonds is 16. The maximum Gasteiger partial charge on any atom is 0.408 e. The SMILES string of the molecule is O=C(C[C@H](NC(=O)OCc1ccccc1)C(=O)OCc1cn(Cc2ccc([N+](=O)[O-])cc2)nn1)OCc1cn(Cc2ccc([N+](=O)[O-])cc2)nn1. The van der Waals surface area contributed by atoms with Crippen molar-refractivity contribution in [2.24, 2.45) is 0 Å². The van der Waals surface area contributed by atoms with Gasteiger partial charge in [0.05, 0.1) is 41.8 Å². The van der Waals surface area contributed by atoms with Gasteiger partial charge in [0.1, 0.15) is 37.3 Å². The first-order valence-electron chi connectivity index (χ1n) is 15.2. The van der Waals surface area contributed by atoms with Crippen molar-refractivity contribution in [3.05, 3.63) is 140 Å². The molecule has 19 nitrogen and oxygen atoms in total. The van der Waals surface area contributed by atoms with Gasteiger partial charge in [0.25, 0.3) is 11.4 Å². The summed E-state index contributed by atoms with van der Waals surface area (Å²) in [6.45, 7) is -0.230. The number of aromatic nitrogens is 6. The minimum Gasteiger partial charge on any atom is -0.459 e. The molecule has 0 saturated carbocycles. The molecule has 0 radical (unpaired) electrons. The van der Waals surface area contributed by atoms with Crippen molar-refractivity contribution in [1.82, 2.24) is 35.3 Å². The van der Waals surface area contributed by atoms with Crippen LogP contribution in [0.3, 0.4) is 0 Å². The Labute approximate surface area is 288 Å². The number of alkyl carbamates (subject to hydrolysis) is 1. The first-order chi connectivity index (χ1) is 24.6. The number of nitro groups is 2. The van der Waals surface area contributed by atoms with Gasteiger partial charge in [0, 0.05) is 24.3 Å². The Balaban J connectivity index is 1.15. The molecule has 5 aromatic rings. The van der Waals surface area contributed by atoms with E-state index < -0.39 is 40.3 Å². The van der Waals surface area contributed by atoms with E-state index in [1.165, 1.54) is 46.0 Å². The molecule has 0 bridgehead atoms. The van der Waals surface area contributed by atoms with Crippen LogP contribution in [0, 0.1) is 20.2 Å². The largest absolute Gasteiger partial charge is 0.459 e. The van der Waals surface area contributed by atoms with Crippen molar-refractivity contribution in [2.75, 3.05) is 0 Å². The molecule has 0 aliphatic rings. The fourth-order valence-corrected chi connectivity index (χ4v) is 4.51. The maximum atomic E-state index is 13.1. The predicted molar refractivity (Wildman–Crippen MR) is 172 cm³/mol. The Kier molecular flexibility index (Phi) is 11.7. The highest BCUT2D eigenvalue weighted by Gasteiger charge is 2.27. The average Bonchev–Trinajstić information content (AvgIpc) is 3.78. The van der Waals surface area contributed by atoms with Gasteiger partial charge in [-0.1, -0.05) is 65.0 Å². The lowest BCUT2D eigenvalue weighted by atomic mass is 10.2. The van der Waals surface area contributed by atoms with E-state index in [-0.39, 0.29) is 55.7 Å². The third-order valence-electron chi connectivity index (χ3n) is 7.06. The second-order valence-electron chi connectivity index (χ2n) is 10.9. The summed E-state index contributed by atoms with van der Waals surface area (Å²) in [5.74, 6) is -1.83. The molecule has 51 heavy (non-hydrogen) atoms. The van der Waals surface area contributed by atoms with Crippen LogP contribution in [0.1, 0.15) is 34.5 Å². The number of amides is 1. The average molecular weight is 700 g/mol. The van der Waals surface area contributed by atoms with Crippen molar-refractivity contribution < 1.29 is 38.4 Å². The summed E-state index contributed by atoms with van der Waals surface area (Å²) in [6, 6.07) is 19.1. The van der Waals surface area contributed by atoms with Gasteiger partial charge in [-0.3, -0.25) is 25.0 Å². The molecule has 0 saturated heterocycles. The van der Waals surface area contributed by atoms with Gasteiger partial charge >= 0.3 is 18.0 Å². The summed E-state index contributed by atoms with van der Waals surface area (Å²) < 4.78 is 18.7. The first kappa shape index (κ1) is 35.3. The third kappa shape index (κ3) is 10.7. The van der Waals surface area contributed by atoms with Crippen molar-refractivity contribution >= 4 is 29.4 Å². The highest BCUT2D eigenvalue weighted by molar-refractivity contribution is 5.86. The van der Waals surface area contributed by atoms with Crippen LogP contribution in [-0.4, -0.2) is 63.9 Å². The van der Waals surface area contributed by atoms with Gasteiger partial charge in [-0.05, 0) is 16.7 Å². The zero-order valence-corrected chi connectivity index (χ0v) is 26.6. The highest BCUT2D eigenvalue weighted by atomic mass is 16.6. The Bertz CT molecular complexity index is 1980. The van der Waals surface area contributed by atoms with Crippen LogP contribution in [0.4, 0.5) is 16.2 Å². The van der Waals surface area contributed by atoms with Crippen molar-refractivity contribution in [1.29, 1.82) is 0 Å². The molecule has 0 aliphatic carbocycles. The Morgan fingerprint density at radius 3 is 1.69 bits per heavy atom. The molecular weight excluding hydrogens is 670 g/mol. The van der Waals surface area contributed by atoms with Crippen LogP contribution >= 0.6 is 0 Å². The number of nitro benzene ring substituents is 2. The van der Waals surface area contributed by atoms with Gasteiger partial charge in [-0.25, -0.2) is 19.0 Å². The molecule has 1 atom stereocenters. The zero-order valence-electron chi connectivity index (χ0n) is 26.6. The van der Waals surface area contributed by atoms with Crippen LogP contribution in [-0.2, 0) is 56.7 Å². The molecule has 262 valence electrons. The van der Waals surface area contributed by atoms with Crippen LogP contribution in [0.25, 0.3) is 0 Å². The van der Waals surface area contributed by atoms with Crippen LogP contribution in [0.5, 0.6) is 0 Å². The number of nitrogens with zero attached hydrogens (tertiary/aromatic N) is 8. The van der Waals surface area contributed by atoms with E-state index in [0.717, 1.165) is 11.1 Å². The number of nitrogens with one attached hydrogen (secondary N) is 1.